The SMILES string of the molecule is COC(=O)CN(C)c1c(Br)cncc1[N+](=O)[O-]. The average molecular weight is 304 g/mol. The lowest BCUT2D eigenvalue weighted by atomic mass is 10.3. The van der Waals surface area contributed by atoms with Gasteiger partial charge in [0.2, 0.25) is 0 Å². The van der Waals surface area contributed by atoms with Gasteiger partial charge in [-0.3, -0.25) is 19.9 Å². The van der Waals surface area contributed by atoms with E-state index in [0.717, 1.165) is 6.20 Å². The van der Waals surface area contributed by atoms with E-state index >= 15 is 0 Å². The Balaban J connectivity index is 3.11. The summed E-state index contributed by atoms with van der Waals surface area (Å²) in [6.07, 6.45) is 2.56. The van der Waals surface area contributed by atoms with Crippen molar-refractivity contribution >= 4 is 33.3 Å². The Labute approximate surface area is 106 Å². The molecule has 92 valence electrons. The van der Waals surface area contributed by atoms with E-state index in [-0.39, 0.29) is 17.9 Å². The number of halogens is 1. The van der Waals surface area contributed by atoms with Crippen molar-refractivity contribution in [3.05, 3.63) is 27.0 Å². The van der Waals surface area contributed by atoms with Gasteiger partial charge in [-0.05, 0) is 15.9 Å². The molecule has 0 fully saturated rings. The van der Waals surface area contributed by atoms with Crippen LogP contribution in [0.4, 0.5) is 11.4 Å². The number of anilines is 1. The first-order valence-corrected chi connectivity index (χ1v) is 5.32. The maximum absolute atomic E-state index is 11.1. The van der Waals surface area contributed by atoms with Crippen LogP contribution in [0, 0.1) is 10.1 Å². The molecule has 1 heterocycles. The molecule has 17 heavy (non-hydrogen) atoms. The van der Waals surface area contributed by atoms with E-state index in [1.165, 1.54) is 18.2 Å². The van der Waals surface area contributed by atoms with Crippen molar-refractivity contribution < 1.29 is 14.5 Å². The Hall–Kier alpha value is -1.70. The number of rotatable bonds is 4. The number of aromatic nitrogens is 1. The van der Waals surface area contributed by atoms with Crippen LogP contribution < -0.4 is 4.90 Å². The first kappa shape index (κ1) is 13.4. The lowest BCUT2D eigenvalue weighted by Crippen LogP contribution is -2.27. The second-order valence-corrected chi connectivity index (χ2v) is 4.03. The fourth-order valence-corrected chi connectivity index (χ4v) is 1.89. The second kappa shape index (κ2) is 5.58. The molecule has 0 bridgehead atoms. The second-order valence-electron chi connectivity index (χ2n) is 3.18. The molecule has 0 aliphatic carbocycles. The van der Waals surface area contributed by atoms with Gasteiger partial charge in [-0.2, -0.15) is 0 Å². The van der Waals surface area contributed by atoms with Crippen molar-refractivity contribution in [1.82, 2.24) is 4.98 Å². The van der Waals surface area contributed by atoms with Crippen molar-refractivity contribution in [2.75, 3.05) is 25.6 Å². The highest BCUT2D eigenvalue weighted by molar-refractivity contribution is 9.10. The van der Waals surface area contributed by atoms with Gasteiger partial charge in [0.1, 0.15) is 18.4 Å². The minimum Gasteiger partial charge on any atom is -0.468 e. The molecular formula is C9H10BrN3O4. The summed E-state index contributed by atoms with van der Waals surface area (Å²) in [7, 11) is 2.82. The summed E-state index contributed by atoms with van der Waals surface area (Å²) in [6, 6.07) is 0. The monoisotopic (exact) mass is 303 g/mol. The van der Waals surface area contributed by atoms with Crippen molar-refractivity contribution in [3.63, 3.8) is 0 Å². The van der Waals surface area contributed by atoms with E-state index < -0.39 is 10.9 Å². The lowest BCUT2D eigenvalue weighted by molar-refractivity contribution is -0.384. The Morgan fingerprint density at radius 1 is 1.65 bits per heavy atom. The van der Waals surface area contributed by atoms with Gasteiger partial charge < -0.3 is 9.64 Å². The number of ether oxygens (including phenoxy) is 1. The van der Waals surface area contributed by atoms with E-state index in [0.29, 0.717) is 4.47 Å². The number of esters is 1. The summed E-state index contributed by atoms with van der Waals surface area (Å²) in [5, 5.41) is 10.8. The number of pyridine rings is 1. The molecule has 0 atom stereocenters. The third-order valence-electron chi connectivity index (χ3n) is 2.03. The van der Waals surface area contributed by atoms with E-state index in [9.17, 15) is 14.9 Å². The number of hydrogen-bond donors (Lipinski definition) is 0. The van der Waals surface area contributed by atoms with E-state index in [1.807, 2.05) is 0 Å². The molecule has 7 nitrogen and oxygen atoms in total. The molecule has 0 unspecified atom stereocenters. The highest BCUT2D eigenvalue weighted by atomic mass is 79.9. The molecule has 0 aromatic carbocycles. The van der Waals surface area contributed by atoms with Gasteiger partial charge in [0.25, 0.3) is 0 Å². The summed E-state index contributed by atoms with van der Waals surface area (Å²) in [6.45, 7) is -0.0834. The minimum absolute atomic E-state index is 0.0834. The lowest BCUT2D eigenvalue weighted by Gasteiger charge is -2.18. The highest BCUT2D eigenvalue weighted by Crippen LogP contribution is 2.33. The minimum atomic E-state index is -0.555. The van der Waals surface area contributed by atoms with Gasteiger partial charge in [-0.15, -0.1) is 0 Å². The van der Waals surface area contributed by atoms with E-state index in [4.69, 9.17) is 0 Å². The molecule has 1 aromatic rings. The number of nitrogens with zero attached hydrogens (tertiary/aromatic N) is 3. The molecule has 0 aliphatic heterocycles. The number of carbonyl (C=O) groups excluding carboxylic acids is 1. The van der Waals surface area contributed by atoms with Crippen LogP contribution in [0.5, 0.6) is 0 Å². The van der Waals surface area contributed by atoms with Crippen molar-refractivity contribution in [2.24, 2.45) is 0 Å². The molecule has 0 spiro atoms. The molecule has 1 rings (SSSR count). The molecule has 0 radical (unpaired) electrons. The van der Waals surface area contributed by atoms with Crippen molar-refractivity contribution in [2.45, 2.75) is 0 Å². The smallest absolute Gasteiger partial charge is 0.325 e. The van der Waals surface area contributed by atoms with Crippen LogP contribution in [0.2, 0.25) is 0 Å². The fourth-order valence-electron chi connectivity index (χ4n) is 1.27. The third-order valence-corrected chi connectivity index (χ3v) is 2.61. The number of hydrogen-bond acceptors (Lipinski definition) is 6. The molecule has 1 aromatic heterocycles. The molecule has 0 aliphatic rings. The molecule has 0 saturated carbocycles. The van der Waals surface area contributed by atoms with Crippen LogP contribution in [-0.2, 0) is 9.53 Å². The quantitative estimate of drug-likeness (QED) is 0.474. The Bertz CT molecular complexity index is 452. The zero-order valence-corrected chi connectivity index (χ0v) is 10.8. The molecule has 8 heteroatoms. The average Bonchev–Trinajstić information content (AvgIpc) is 2.28. The van der Waals surface area contributed by atoms with Crippen molar-refractivity contribution in [1.29, 1.82) is 0 Å². The van der Waals surface area contributed by atoms with E-state index in [1.54, 1.807) is 7.05 Å². The summed E-state index contributed by atoms with van der Waals surface area (Å²) in [5.74, 6) is -0.481. The topological polar surface area (TPSA) is 85.6 Å². The number of carbonyl (C=O) groups is 1. The Kier molecular flexibility index (Phi) is 4.38. The number of likely N-dealkylation sites (N-methyl/N-ethyl adjacent to an activating group) is 1. The van der Waals surface area contributed by atoms with Crippen LogP contribution in [0.3, 0.4) is 0 Å². The van der Waals surface area contributed by atoms with Crippen molar-refractivity contribution in [3.8, 4) is 0 Å². The normalized spacial score (nSPS) is 9.82. The zero-order valence-electron chi connectivity index (χ0n) is 9.21. The summed E-state index contributed by atoms with van der Waals surface area (Å²) in [5.41, 5.74) is 0.112. The third kappa shape index (κ3) is 3.13. The van der Waals surface area contributed by atoms with Gasteiger partial charge in [-0.1, -0.05) is 0 Å². The van der Waals surface area contributed by atoms with Gasteiger partial charge in [0, 0.05) is 13.2 Å². The molecule has 0 N–H and O–H groups in total. The molecule has 0 saturated heterocycles. The summed E-state index contributed by atoms with van der Waals surface area (Å²) in [4.78, 5) is 26.5. The first-order chi connectivity index (χ1) is 7.97. The number of methoxy groups -OCH3 is 1. The molecular weight excluding hydrogens is 294 g/mol. The largest absolute Gasteiger partial charge is 0.468 e. The first-order valence-electron chi connectivity index (χ1n) is 4.53. The van der Waals surface area contributed by atoms with Crippen LogP contribution >= 0.6 is 15.9 Å². The van der Waals surface area contributed by atoms with Crippen LogP contribution in [0.25, 0.3) is 0 Å². The Morgan fingerprint density at radius 3 is 2.82 bits per heavy atom. The molecule has 0 amide bonds. The van der Waals surface area contributed by atoms with E-state index in [2.05, 4.69) is 25.7 Å². The maximum Gasteiger partial charge on any atom is 0.325 e. The van der Waals surface area contributed by atoms with Gasteiger partial charge in [0.05, 0.1) is 16.5 Å². The Morgan fingerprint density at radius 2 is 2.29 bits per heavy atom. The van der Waals surface area contributed by atoms with Crippen LogP contribution in [-0.4, -0.2) is 36.6 Å². The van der Waals surface area contributed by atoms with Gasteiger partial charge in [0.15, 0.2) is 0 Å². The van der Waals surface area contributed by atoms with Crippen LogP contribution in [0.15, 0.2) is 16.9 Å². The fraction of sp³-hybridized carbons (Fsp3) is 0.333. The predicted octanol–water partition coefficient (Wildman–Crippen LogP) is 1.36. The summed E-state index contributed by atoms with van der Waals surface area (Å²) >= 11 is 3.17. The maximum atomic E-state index is 11.1. The highest BCUT2D eigenvalue weighted by Gasteiger charge is 2.22. The standard InChI is InChI=1S/C9H10BrN3O4/c1-12(5-8(14)17-2)9-6(10)3-11-4-7(9)13(15)16/h3-4H,5H2,1-2H3. The van der Waals surface area contributed by atoms with Gasteiger partial charge >= 0.3 is 11.7 Å². The summed E-state index contributed by atoms with van der Waals surface area (Å²) < 4.78 is 4.94. The van der Waals surface area contributed by atoms with Gasteiger partial charge in [-0.25, -0.2) is 0 Å². The predicted molar refractivity (Wildman–Crippen MR) is 63.9 cm³/mol. The zero-order chi connectivity index (χ0) is 13.0. The number of nitro groups is 1. The van der Waals surface area contributed by atoms with Crippen LogP contribution in [0.1, 0.15) is 0 Å².